The molecule has 0 radical (unpaired) electrons. The average molecular weight is 383 g/mol. The van der Waals surface area contributed by atoms with Gasteiger partial charge >= 0.3 is 0 Å². The molecule has 24 heavy (non-hydrogen) atoms. The van der Waals surface area contributed by atoms with E-state index in [1.165, 1.54) is 11.3 Å². The Balaban J connectivity index is 1.88. The Morgan fingerprint density at radius 1 is 1.17 bits per heavy atom. The maximum Gasteiger partial charge on any atom is 0.0998 e. The molecule has 0 saturated carbocycles. The van der Waals surface area contributed by atoms with Gasteiger partial charge in [0.05, 0.1) is 24.9 Å². The number of benzene rings is 2. The standard InChI is InChI=1S/C20H19BrN2O/c1-15-12-20(23-8-10-24-11-9-23)7-4-17(15)13-18(14-22)16-2-5-19(21)6-3-16/h2-7,12-13H,8-11H2,1H3/b18-13-. The summed E-state index contributed by atoms with van der Waals surface area (Å²) in [5.74, 6) is 0. The molecular weight excluding hydrogens is 364 g/mol. The Kier molecular flexibility index (Phi) is 5.34. The fraction of sp³-hybridized carbons (Fsp3) is 0.250. The number of rotatable bonds is 3. The maximum absolute atomic E-state index is 9.51. The number of anilines is 1. The van der Waals surface area contributed by atoms with Crippen molar-refractivity contribution in [2.45, 2.75) is 6.92 Å². The van der Waals surface area contributed by atoms with Gasteiger partial charge in [-0.1, -0.05) is 34.1 Å². The number of nitrogens with zero attached hydrogens (tertiary/aromatic N) is 2. The highest BCUT2D eigenvalue weighted by Crippen LogP contribution is 2.25. The van der Waals surface area contributed by atoms with Crippen LogP contribution in [0.2, 0.25) is 0 Å². The lowest BCUT2D eigenvalue weighted by atomic mass is 10.0. The molecule has 0 N–H and O–H groups in total. The molecule has 2 aromatic carbocycles. The molecule has 1 heterocycles. The van der Waals surface area contributed by atoms with Crippen LogP contribution in [0.1, 0.15) is 16.7 Å². The molecule has 0 amide bonds. The minimum Gasteiger partial charge on any atom is -0.378 e. The maximum atomic E-state index is 9.51. The molecular formula is C20H19BrN2O. The van der Waals surface area contributed by atoms with Crippen LogP contribution < -0.4 is 4.90 Å². The summed E-state index contributed by atoms with van der Waals surface area (Å²) in [6.07, 6.45) is 1.96. The molecule has 0 spiro atoms. The molecule has 4 heteroatoms. The number of halogens is 1. The van der Waals surface area contributed by atoms with Crippen LogP contribution in [0, 0.1) is 18.3 Å². The van der Waals surface area contributed by atoms with E-state index in [1.54, 1.807) is 0 Å². The number of hydrogen-bond acceptors (Lipinski definition) is 3. The van der Waals surface area contributed by atoms with Crippen molar-refractivity contribution in [2.75, 3.05) is 31.2 Å². The van der Waals surface area contributed by atoms with Crippen molar-refractivity contribution in [1.82, 2.24) is 0 Å². The highest BCUT2D eigenvalue weighted by molar-refractivity contribution is 9.10. The van der Waals surface area contributed by atoms with Gasteiger partial charge in [0.1, 0.15) is 0 Å². The molecule has 0 aromatic heterocycles. The summed E-state index contributed by atoms with van der Waals surface area (Å²) in [6, 6.07) is 16.5. The van der Waals surface area contributed by atoms with Gasteiger partial charge in [-0.15, -0.1) is 0 Å². The Morgan fingerprint density at radius 2 is 1.88 bits per heavy atom. The summed E-state index contributed by atoms with van der Waals surface area (Å²) in [5, 5.41) is 9.51. The lowest BCUT2D eigenvalue weighted by Gasteiger charge is -2.29. The van der Waals surface area contributed by atoms with Gasteiger partial charge in [-0.3, -0.25) is 0 Å². The first-order valence-corrected chi connectivity index (χ1v) is 8.78. The number of hydrogen-bond donors (Lipinski definition) is 0. The topological polar surface area (TPSA) is 36.3 Å². The van der Waals surface area contributed by atoms with Crippen molar-refractivity contribution in [1.29, 1.82) is 5.26 Å². The average Bonchev–Trinajstić information content (AvgIpc) is 2.62. The fourth-order valence-electron chi connectivity index (χ4n) is 2.81. The number of nitriles is 1. The van der Waals surface area contributed by atoms with E-state index in [2.05, 4.69) is 52.0 Å². The minimum atomic E-state index is 0.671. The first-order valence-electron chi connectivity index (χ1n) is 7.98. The molecule has 3 rings (SSSR count). The first kappa shape index (κ1) is 16.8. The molecule has 0 atom stereocenters. The van der Waals surface area contributed by atoms with Gasteiger partial charge in [0.25, 0.3) is 0 Å². The summed E-state index contributed by atoms with van der Waals surface area (Å²) >= 11 is 3.42. The first-order chi connectivity index (χ1) is 11.7. The van der Waals surface area contributed by atoms with E-state index >= 15 is 0 Å². The second-order valence-corrected chi connectivity index (χ2v) is 6.73. The number of ether oxygens (including phenoxy) is 1. The van der Waals surface area contributed by atoms with Gasteiger partial charge in [0, 0.05) is 23.2 Å². The highest BCUT2D eigenvalue weighted by atomic mass is 79.9. The van der Waals surface area contributed by atoms with Crippen LogP contribution in [0.4, 0.5) is 5.69 Å². The lowest BCUT2D eigenvalue weighted by molar-refractivity contribution is 0.122. The summed E-state index contributed by atoms with van der Waals surface area (Å²) in [6.45, 7) is 5.51. The van der Waals surface area contributed by atoms with Crippen molar-refractivity contribution in [3.8, 4) is 6.07 Å². The third kappa shape index (κ3) is 3.87. The van der Waals surface area contributed by atoms with Crippen LogP contribution in [-0.2, 0) is 4.74 Å². The van der Waals surface area contributed by atoms with Gasteiger partial charge in [-0.05, 0) is 54.0 Å². The monoisotopic (exact) mass is 382 g/mol. The zero-order chi connectivity index (χ0) is 16.9. The van der Waals surface area contributed by atoms with Gasteiger partial charge < -0.3 is 9.64 Å². The molecule has 2 aromatic rings. The predicted octanol–water partition coefficient (Wildman–Crippen LogP) is 4.66. The quantitative estimate of drug-likeness (QED) is 0.572. The molecule has 0 bridgehead atoms. The lowest BCUT2D eigenvalue weighted by Crippen LogP contribution is -2.36. The molecule has 1 aliphatic rings. The largest absolute Gasteiger partial charge is 0.378 e. The van der Waals surface area contributed by atoms with E-state index in [4.69, 9.17) is 4.74 Å². The van der Waals surface area contributed by atoms with Crippen molar-refractivity contribution in [3.63, 3.8) is 0 Å². The van der Waals surface area contributed by atoms with E-state index < -0.39 is 0 Å². The number of morpholine rings is 1. The van der Waals surface area contributed by atoms with Gasteiger partial charge in [0.2, 0.25) is 0 Å². The SMILES string of the molecule is Cc1cc(N2CCOCC2)ccc1/C=C(/C#N)c1ccc(Br)cc1. The summed E-state index contributed by atoms with van der Waals surface area (Å²) in [4.78, 5) is 2.34. The second-order valence-electron chi connectivity index (χ2n) is 5.82. The number of allylic oxidation sites excluding steroid dienone is 1. The van der Waals surface area contributed by atoms with Crippen molar-refractivity contribution in [3.05, 3.63) is 63.6 Å². The summed E-state index contributed by atoms with van der Waals surface area (Å²) < 4.78 is 6.42. The fourth-order valence-corrected chi connectivity index (χ4v) is 3.07. The van der Waals surface area contributed by atoms with Gasteiger partial charge in [-0.25, -0.2) is 0 Å². The van der Waals surface area contributed by atoms with Gasteiger partial charge in [0.15, 0.2) is 0 Å². The third-order valence-corrected chi connectivity index (χ3v) is 4.73. The van der Waals surface area contributed by atoms with E-state index in [-0.39, 0.29) is 0 Å². The molecule has 122 valence electrons. The third-order valence-electron chi connectivity index (χ3n) is 4.21. The zero-order valence-corrected chi connectivity index (χ0v) is 15.2. The van der Waals surface area contributed by atoms with Crippen LogP contribution in [0.25, 0.3) is 11.6 Å². The van der Waals surface area contributed by atoms with Gasteiger partial charge in [-0.2, -0.15) is 5.26 Å². The van der Waals surface area contributed by atoms with E-state index in [0.29, 0.717) is 5.57 Å². The molecule has 3 nitrogen and oxygen atoms in total. The van der Waals surface area contributed by atoms with Crippen molar-refractivity contribution < 1.29 is 4.74 Å². The van der Waals surface area contributed by atoms with Crippen LogP contribution in [0.5, 0.6) is 0 Å². The second kappa shape index (κ2) is 7.65. The highest BCUT2D eigenvalue weighted by Gasteiger charge is 2.12. The molecule has 0 unspecified atom stereocenters. The Labute approximate surface area is 151 Å². The molecule has 1 fully saturated rings. The minimum absolute atomic E-state index is 0.671. The van der Waals surface area contributed by atoms with E-state index in [1.807, 2.05) is 30.3 Å². The summed E-state index contributed by atoms with van der Waals surface area (Å²) in [5.41, 5.74) is 5.06. The summed E-state index contributed by atoms with van der Waals surface area (Å²) in [7, 11) is 0. The Morgan fingerprint density at radius 3 is 2.50 bits per heavy atom. The van der Waals surface area contributed by atoms with Crippen LogP contribution in [-0.4, -0.2) is 26.3 Å². The number of aryl methyl sites for hydroxylation is 1. The smallest absolute Gasteiger partial charge is 0.0998 e. The van der Waals surface area contributed by atoms with E-state index in [0.717, 1.165) is 41.9 Å². The molecule has 1 aliphatic heterocycles. The van der Waals surface area contributed by atoms with Crippen LogP contribution >= 0.6 is 15.9 Å². The van der Waals surface area contributed by atoms with Crippen molar-refractivity contribution in [2.24, 2.45) is 0 Å². The molecule has 1 saturated heterocycles. The van der Waals surface area contributed by atoms with Crippen LogP contribution in [0.15, 0.2) is 46.9 Å². The normalized spacial score (nSPS) is 15.2. The Bertz CT molecular complexity index is 784. The Hall–Kier alpha value is -2.09. The van der Waals surface area contributed by atoms with Crippen LogP contribution in [0.3, 0.4) is 0 Å². The van der Waals surface area contributed by atoms with E-state index in [9.17, 15) is 5.26 Å². The molecule has 0 aliphatic carbocycles. The van der Waals surface area contributed by atoms with Crippen molar-refractivity contribution >= 4 is 33.3 Å². The predicted molar refractivity (Wildman–Crippen MR) is 102 cm³/mol. The zero-order valence-electron chi connectivity index (χ0n) is 13.6.